The lowest BCUT2D eigenvalue weighted by Crippen LogP contribution is -2.37. The molecule has 0 aliphatic heterocycles. The molecule has 0 unspecified atom stereocenters. The van der Waals surface area contributed by atoms with Gasteiger partial charge in [-0.15, -0.1) is 0 Å². The Bertz CT molecular complexity index is 679. The number of aliphatic hydroxyl groups is 1. The minimum atomic E-state index is -0.642. The van der Waals surface area contributed by atoms with Gasteiger partial charge in [-0.2, -0.15) is 0 Å². The van der Waals surface area contributed by atoms with Gasteiger partial charge < -0.3 is 24.9 Å². The average molecular weight is 346 g/mol. The van der Waals surface area contributed by atoms with E-state index in [9.17, 15) is 9.90 Å². The Morgan fingerprint density at radius 3 is 2.48 bits per heavy atom. The summed E-state index contributed by atoms with van der Waals surface area (Å²) in [5.41, 5.74) is 1.90. The van der Waals surface area contributed by atoms with E-state index in [-0.39, 0.29) is 6.03 Å². The molecule has 136 valence electrons. The number of aliphatic hydroxyl groups excluding tert-OH is 1. The number of hydrogen-bond acceptors (Lipinski definition) is 4. The lowest BCUT2D eigenvalue weighted by atomic mass is 10.1. The van der Waals surface area contributed by atoms with Gasteiger partial charge >= 0.3 is 6.03 Å². The molecule has 0 saturated heterocycles. The first-order valence-corrected chi connectivity index (χ1v) is 8.39. The zero-order valence-electron chi connectivity index (χ0n) is 15.0. The summed E-state index contributed by atoms with van der Waals surface area (Å²) < 4.78 is 10.5. The number of furan rings is 1. The standard InChI is InChI=1S/C19H26N2O4/c1-13-12-17(14(2)25-13)18(22)9-11-21-19(23)20-10-8-15-4-6-16(24-3)7-5-15/h4-7,12,18,22H,8-11H2,1-3H3,(H2,20,21,23)/t18-/m0/s1. The second kappa shape index (κ2) is 9.13. The summed E-state index contributed by atoms with van der Waals surface area (Å²) in [5, 5.41) is 15.7. The molecule has 0 aliphatic rings. The maximum atomic E-state index is 11.8. The highest BCUT2D eigenvalue weighted by Gasteiger charge is 2.14. The first-order valence-electron chi connectivity index (χ1n) is 8.39. The Hall–Kier alpha value is -2.47. The molecule has 2 rings (SSSR count). The number of amides is 2. The van der Waals surface area contributed by atoms with Crippen LogP contribution in [0.5, 0.6) is 5.75 Å². The Morgan fingerprint density at radius 2 is 1.88 bits per heavy atom. The van der Waals surface area contributed by atoms with E-state index in [1.807, 2.05) is 44.2 Å². The van der Waals surface area contributed by atoms with Gasteiger partial charge in [0.05, 0.1) is 13.2 Å². The van der Waals surface area contributed by atoms with Crippen LogP contribution in [-0.2, 0) is 6.42 Å². The molecule has 0 saturated carbocycles. The number of carbonyl (C=O) groups excluding carboxylic acids is 1. The van der Waals surface area contributed by atoms with Crippen molar-refractivity contribution < 1.29 is 19.1 Å². The molecule has 0 bridgehead atoms. The third-order valence-electron chi connectivity index (χ3n) is 4.00. The maximum Gasteiger partial charge on any atom is 0.314 e. The third-order valence-corrected chi connectivity index (χ3v) is 4.00. The normalized spacial score (nSPS) is 11.8. The number of aryl methyl sites for hydroxylation is 2. The first-order chi connectivity index (χ1) is 12.0. The first kappa shape index (κ1) is 18.9. The van der Waals surface area contributed by atoms with Crippen molar-refractivity contribution in [1.29, 1.82) is 0 Å². The Balaban J connectivity index is 1.64. The second-order valence-electron chi connectivity index (χ2n) is 5.95. The highest BCUT2D eigenvalue weighted by atomic mass is 16.5. The molecule has 2 aromatic rings. The summed E-state index contributed by atoms with van der Waals surface area (Å²) in [6, 6.07) is 9.34. The number of benzene rings is 1. The van der Waals surface area contributed by atoms with E-state index in [1.54, 1.807) is 7.11 Å². The number of carbonyl (C=O) groups is 1. The minimum absolute atomic E-state index is 0.235. The van der Waals surface area contributed by atoms with Crippen LogP contribution in [0.15, 0.2) is 34.7 Å². The van der Waals surface area contributed by atoms with Crippen LogP contribution in [0, 0.1) is 13.8 Å². The van der Waals surface area contributed by atoms with Crippen LogP contribution in [0.1, 0.15) is 35.2 Å². The van der Waals surface area contributed by atoms with Gasteiger partial charge in [0.15, 0.2) is 0 Å². The van der Waals surface area contributed by atoms with Gasteiger partial charge in [0, 0.05) is 18.7 Å². The van der Waals surface area contributed by atoms with Crippen LogP contribution in [-0.4, -0.2) is 31.3 Å². The molecule has 2 amide bonds. The fourth-order valence-corrected chi connectivity index (χ4v) is 2.63. The lowest BCUT2D eigenvalue weighted by molar-refractivity contribution is 0.165. The van der Waals surface area contributed by atoms with Crippen molar-refractivity contribution in [3.63, 3.8) is 0 Å². The average Bonchev–Trinajstić information content (AvgIpc) is 2.94. The molecule has 6 nitrogen and oxygen atoms in total. The molecule has 1 aromatic carbocycles. The van der Waals surface area contributed by atoms with Crippen molar-refractivity contribution in [2.75, 3.05) is 20.2 Å². The van der Waals surface area contributed by atoms with Gasteiger partial charge in [0.1, 0.15) is 17.3 Å². The van der Waals surface area contributed by atoms with Gasteiger partial charge in [0.25, 0.3) is 0 Å². The quantitative estimate of drug-likeness (QED) is 0.686. The number of methoxy groups -OCH3 is 1. The Labute approximate surface area is 148 Å². The molecule has 0 fully saturated rings. The number of hydrogen-bond donors (Lipinski definition) is 3. The van der Waals surface area contributed by atoms with Gasteiger partial charge in [-0.1, -0.05) is 12.1 Å². The van der Waals surface area contributed by atoms with Crippen molar-refractivity contribution in [1.82, 2.24) is 10.6 Å². The van der Waals surface area contributed by atoms with Crippen LogP contribution in [0.3, 0.4) is 0 Å². The number of nitrogens with one attached hydrogen (secondary N) is 2. The van der Waals surface area contributed by atoms with Crippen LogP contribution < -0.4 is 15.4 Å². The van der Waals surface area contributed by atoms with Crippen molar-refractivity contribution in [3.8, 4) is 5.75 Å². The number of ether oxygens (including phenoxy) is 1. The Kier molecular flexibility index (Phi) is 6.89. The summed E-state index contributed by atoms with van der Waals surface area (Å²) in [5.74, 6) is 2.31. The highest BCUT2D eigenvalue weighted by Crippen LogP contribution is 2.23. The molecule has 6 heteroatoms. The van der Waals surface area contributed by atoms with E-state index < -0.39 is 6.10 Å². The summed E-state index contributed by atoms with van der Waals surface area (Å²) in [4.78, 5) is 11.8. The monoisotopic (exact) mass is 346 g/mol. The molecule has 25 heavy (non-hydrogen) atoms. The molecule has 1 aromatic heterocycles. The highest BCUT2D eigenvalue weighted by molar-refractivity contribution is 5.73. The number of urea groups is 1. The molecule has 1 atom stereocenters. The van der Waals surface area contributed by atoms with Gasteiger partial charge in [0.2, 0.25) is 0 Å². The minimum Gasteiger partial charge on any atom is -0.497 e. The molecule has 0 radical (unpaired) electrons. The largest absolute Gasteiger partial charge is 0.497 e. The van der Waals surface area contributed by atoms with Gasteiger partial charge in [-0.3, -0.25) is 0 Å². The van der Waals surface area contributed by atoms with E-state index in [2.05, 4.69) is 10.6 Å². The topological polar surface area (TPSA) is 83.7 Å². The van der Waals surface area contributed by atoms with Crippen molar-refractivity contribution in [2.45, 2.75) is 32.8 Å². The predicted octanol–water partition coefficient (Wildman–Crippen LogP) is 2.87. The van der Waals surface area contributed by atoms with Crippen molar-refractivity contribution in [2.24, 2.45) is 0 Å². The fourth-order valence-electron chi connectivity index (χ4n) is 2.63. The Morgan fingerprint density at radius 1 is 1.20 bits per heavy atom. The second-order valence-corrected chi connectivity index (χ2v) is 5.95. The van der Waals surface area contributed by atoms with Crippen LogP contribution in [0.2, 0.25) is 0 Å². The SMILES string of the molecule is COc1ccc(CCNC(=O)NCC[C@H](O)c2cc(C)oc2C)cc1. The zero-order valence-corrected chi connectivity index (χ0v) is 15.0. The molecule has 1 heterocycles. The lowest BCUT2D eigenvalue weighted by Gasteiger charge is -2.11. The van der Waals surface area contributed by atoms with E-state index >= 15 is 0 Å². The zero-order chi connectivity index (χ0) is 18.2. The van der Waals surface area contributed by atoms with Crippen molar-refractivity contribution >= 4 is 6.03 Å². The molecule has 0 aliphatic carbocycles. The summed E-state index contributed by atoms with van der Waals surface area (Å²) in [6.45, 7) is 4.60. The van der Waals surface area contributed by atoms with E-state index in [4.69, 9.17) is 9.15 Å². The summed E-state index contributed by atoms with van der Waals surface area (Å²) in [7, 11) is 1.63. The molecule has 0 spiro atoms. The number of rotatable bonds is 8. The van der Waals surface area contributed by atoms with Crippen LogP contribution in [0.25, 0.3) is 0 Å². The van der Waals surface area contributed by atoms with E-state index in [0.29, 0.717) is 25.3 Å². The third kappa shape index (κ3) is 5.83. The molecular weight excluding hydrogens is 320 g/mol. The van der Waals surface area contributed by atoms with E-state index in [0.717, 1.165) is 29.1 Å². The van der Waals surface area contributed by atoms with Crippen LogP contribution in [0.4, 0.5) is 4.79 Å². The smallest absolute Gasteiger partial charge is 0.314 e. The van der Waals surface area contributed by atoms with Gasteiger partial charge in [-0.25, -0.2) is 4.79 Å². The fraction of sp³-hybridized carbons (Fsp3) is 0.421. The maximum absolute atomic E-state index is 11.8. The molecular formula is C19H26N2O4. The van der Waals surface area contributed by atoms with E-state index in [1.165, 1.54) is 0 Å². The summed E-state index contributed by atoms with van der Waals surface area (Å²) in [6.07, 6.45) is 0.538. The van der Waals surface area contributed by atoms with Crippen molar-refractivity contribution in [3.05, 3.63) is 53.0 Å². The molecule has 3 N–H and O–H groups in total. The summed E-state index contributed by atoms with van der Waals surface area (Å²) >= 11 is 0. The predicted molar refractivity (Wildman–Crippen MR) is 95.9 cm³/mol. The van der Waals surface area contributed by atoms with Gasteiger partial charge in [-0.05, 0) is 50.5 Å². The van der Waals surface area contributed by atoms with Crippen LogP contribution >= 0.6 is 0 Å².